The van der Waals surface area contributed by atoms with E-state index in [0.29, 0.717) is 30.2 Å². The van der Waals surface area contributed by atoms with E-state index in [4.69, 9.17) is 14.2 Å². The second-order valence-electron chi connectivity index (χ2n) is 5.87. The molecule has 0 spiro atoms. The molecule has 1 aromatic carbocycles. The van der Waals surface area contributed by atoms with Crippen LogP contribution in [0, 0.1) is 0 Å². The Bertz CT molecular complexity index is 713. The molecule has 0 unspecified atom stereocenters. The molecule has 25 heavy (non-hydrogen) atoms. The number of carbonyl (C=O) groups is 1. The summed E-state index contributed by atoms with van der Waals surface area (Å²) in [6.45, 7) is 1.33. The number of benzene rings is 1. The Morgan fingerprint density at radius 3 is 2.52 bits per heavy atom. The second kappa shape index (κ2) is 7.88. The molecule has 1 amide bonds. The molecule has 1 saturated heterocycles. The third-order valence-corrected chi connectivity index (χ3v) is 4.30. The molecule has 2 heterocycles. The van der Waals surface area contributed by atoms with Crippen LogP contribution < -0.4 is 14.2 Å². The topological polar surface area (TPSA) is 60.9 Å². The van der Waals surface area contributed by atoms with Gasteiger partial charge in [-0.05, 0) is 30.3 Å². The molecule has 0 atom stereocenters. The fraction of sp³-hybridized carbons (Fsp3) is 0.368. The molecule has 6 heteroatoms. The van der Waals surface area contributed by atoms with Crippen molar-refractivity contribution in [3.63, 3.8) is 0 Å². The second-order valence-corrected chi connectivity index (χ2v) is 5.87. The maximum atomic E-state index is 12.7. The highest BCUT2D eigenvalue weighted by Gasteiger charge is 2.25. The summed E-state index contributed by atoms with van der Waals surface area (Å²) in [4.78, 5) is 18.6. The number of pyridine rings is 1. The summed E-state index contributed by atoms with van der Waals surface area (Å²) in [5.74, 6) is 1.94. The number of carbonyl (C=O) groups excluding carboxylic acids is 1. The van der Waals surface area contributed by atoms with E-state index < -0.39 is 0 Å². The van der Waals surface area contributed by atoms with Crippen molar-refractivity contribution < 1.29 is 19.0 Å². The molecule has 1 aliphatic rings. The van der Waals surface area contributed by atoms with Gasteiger partial charge in [0.2, 0.25) is 0 Å². The van der Waals surface area contributed by atoms with Crippen LogP contribution in [-0.2, 0) is 0 Å². The molecule has 0 bridgehead atoms. The number of rotatable bonds is 5. The summed E-state index contributed by atoms with van der Waals surface area (Å²) in [5, 5.41) is 0. The smallest absolute Gasteiger partial charge is 0.253 e. The van der Waals surface area contributed by atoms with Gasteiger partial charge in [0.15, 0.2) is 11.5 Å². The molecule has 0 aliphatic carbocycles. The van der Waals surface area contributed by atoms with E-state index in [1.807, 2.05) is 17.0 Å². The molecule has 1 aliphatic heterocycles. The van der Waals surface area contributed by atoms with Crippen LogP contribution in [-0.4, -0.2) is 49.2 Å². The molecule has 1 fully saturated rings. The summed E-state index contributed by atoms with van der Waals surface area (Å²) >= 11 is 0. The van der Waals surface area contributed by atoms with E-state index in [2.05, 4.69) is 4.98 Å². The SMILES string of the molecule is COc1ccc(C(=O)N2CCC(Oc3cccnc3)CC2)cc1OC. The Labute approximate surface area is 147 Å². The minimum Gasteiger partial charge on any atom is -0.493 e. The largest absolute Gasteiger partial charge is 0.493 e. The van der Waals surface area contributed by atoms with E-state index in [1.54, 1.807) is 44.8 Å². The zero-order valence-corrected chi connectivity index (χ0v) is 14.5. The van der Waals surface area contributed by atoms with Crippen LogP contribution in [0.2, 0.25) is 0 Å². The van der Waals surface area contributed by atoms with Crippen LogP contribution in [0.15, 0.2) is 42.7 Å². The van der Waals surface area contributed by atoms with Gasteiger partial charge in [-0.15, -0.1) is 0 Å². The molecular weight excluding hydrogens is 320 g/mol. The minimum atomic E-state index is 0.000723. The third kappa shape index (κ3) is 4.02. The lowest BCUT2D eigenvalue weighted by atomic mass is 10.1. The lowest BCUT2D eigenvalue weighted by Crippen LogP contribution is -2.41. The first-order valence-electron chi connectivity index (χ1n) is 8.29. The fourth-order valence-electron chi connectivity index (χ4n) is 2.94. The maximum Gasteiger partial charge on any atom is 0.253 e. The first-order valence-corrected chi connectivity index (χ1v) is 8.29. The molecular formula is C19H22N2O4. The highest BCUT2D eigenvalue weighted by atomic mass is 16.5. The van der Waals surface area contributed by atoms with Crippen LogP contribution in [0.25, 0.3) is 0 Å². The van der Waals surface area contributed by atoms with Crippen LogP contribution in [0.3, 0.4) is 0 Å². The van der Waals surface area contributed by atoms with Crippen LogP contribution in [0.4, 0.5) is 0 Å². The van der Waals surface area contributed by atoms with Crippen molar-refractivity contribution in [2.45, 2.75) is 18.9 Å². The Hall–Kier alpha value is -2.76. The van der Waals surface area contributed by atoms with Crippen molar-refractivity contribution in [3.05, 3.63) is 48.3 Å². The van der Waals surface area contributed by atoms with Crippen molar-refractivity contribution in [2.24, 2.45) is 0 Å². The van der Waals surface area contributed by atoms with E-state index in [-0.39, 0.29) is 12.0 Å². The minimum absolute atomic E-state index is 0.000723. The zero-order valence-electron chi connectivity index (χ0n) is 14.5. The van der Waals surface area contributed by atoms with Crippen molar-refractivity contribution in [1.29, 1.82) is 0 Å². The van der Waals surface area contributed by atoms with Gasteiger partial charge < -0.3 is 19.1 Å². The summed E-state index contributed by atoms with van der Waals surface area (Å²) < 4.78 is 16.4. The van der Waals surface area contributed by atoms with Crippen LogP contribution in [0.1, 0.15) is 23.2 Å². The Kier molecular flexibility index (Phi) is 5.38. The van der Waals surface area contributed by atoms with Gasteiger partial charge in [-0.25, -0.2) is 0 Å². The Balaban J connectivity index is 1.60. The van der Waals surface area contributed by atoms with Gasteiger partial charge >= 0.3 is 0 Å². The van der Waals surface area contributed by atoms with Gasteiger partial charge in [0, 0.05) is 37.7 Å². The number of hydrogen-bond donors (Lipinski definition) is 0. The van der Waals surface area contributed by atoms with Crippen molar-refractivity contribution in [1.82, 2.24) is 9.88 Å². The van der Waals surface area contributed by atoms with Gasteiger partial charge in [0.25, 0.3) is 5.91 Å². The third-order valence-electron chi connectivity index (χ3n) is 4.30. The lowest BCUT2D eigenvalue weighted by Gasteiger charge is -2.32. The molecule has 132 valence electrons. The lowest BCUT2D eigenvalue weighted by molar-refractivity contribution is 0.0594. The number of likely N-dealkylation sites (tertiary alicyclic amines) is 1. The summed E-state index contributed by atoms with van der Waals surface area (Å²) in [5.41, 5.74) is 0.601. The van der Waals surface area contributed by atoms with E-state index in [0.717, 1.165) is 18.6 Å². The Morgan fingerprint density at radius 1 is 1.12 bits per heavy atom. The number of aromatic nitrogens is 1. The molecule has 0 radical (unpaired) electrons. The van der Waals surface area contributed by atoms with Gasteiger partial charge in [-0.1, -0.05) is 0 Å². The number of nitrogens with zero attached hydrogens (tertiary/aromatic N) is 2. The monoisotopic (exact) mass is 342 g/mol. The van der Waals surface area contributed by atoms with E-state index >= 15 is 0 Å². The van der Waals surface area contributed by atoms with Crippen LogP contribution in [0.5, 0.6) is 17.2 Å². The van der Waals surface area contributed by atoms with Gasteiger partial charge in [-0.3, -0.25) is 9.78 Å². The molecule has 3 rings (SSSR count). The van der Waals surface area contributed by atoms with Gasteiger partial charge in [-0.2, -0.15) is 0 Å². The zero-order chi connectivity index (χ0) is 17.6. The molecule has 2 aromatic rings. The standard InChI is InChI=1S/C19H22N2O4/c1-23-17-6-5-14(12-18(17)24-2)19(22)21-10-7-15(8-11-21)25-16-4-3-9-20-13-16/h3-6,9,12-13,15H,7-8,10-11H2,1-2H3. The number of amides is 1. The highest BCUT2D eigenvalue weighted by Crippen LogP contribution is 2.28. The number of hydrogen-bond acceptors (Lipinski definition) is 5. The van der Waals surface area contributed by atoms with Crippen molar-refractivity contribution >= 4 is 5.91 Å². The Morgan fingerprint density at radius 2 is 1.88 bits per heavy atom. The summed E-state index contributed by atoms with van der Waals surface area (Å²) in [6.07, 6.45) is 5.14. The molecule has 1 aromatic heterocycles. The van der Waals surface area contributed by atoms with Gasteiger partial charge in [0.05, 0.1) is 20.4 Å². The summed E-state index contributed by atoms with van der Waals surface area (Å²) in [7, 11) is 3.14. The number of ether oxygens (including phenoxy) is 3. The average Bonchev–Trinajstić information content (AvgIpc) is 2.68. The quantitative estimate of drug-likeness (QED) is 0.836. The fourth-order valence-corrected chi connectivity index (χ4v) is 2.94. The number of piperidine rings is 1. The normalized spacial score (nSPS) is 14.9. The molecule has 6 nitrogen and oxygen atoms in total. The van der Waals surface area contributed by atoms with E-state index in [9.17, 15) is 4.79 Å². The van der Waals surface area contributed by atoms with Crippen molar-refractivity contribution in [3.8, 4) is 17.2 Å². The molecule has 0 N–H and O–H groups in total. The first-order chi connectivity index (χ1) is 12.2. The average molecular weight is 342 g/mol. The van der Waals surface area contributed by atoms with Crippen molar-refractivity contribution in [2.75, 3.05) is 27.3 Å². The molecule has 0 saturated carbocycles. The highest BCUT2D eigenvalue weighted by molar-refractivity contribution is 5.95. The predicted molar refractivity (Wildman–Crippen MR) is 93.3 cm³/mol. The predicted octanol–water partition coefficient (Wildman–Crippen LogP) is 2.78. The van der Waals surface area contributed by atoms with E-state index in [1.165, 1.54) is 0 Å². The van der Waals surface area contributed by atoms with Gasteiger partial charge in [0.1, 0.15) is 11.9 Å². The maximum absolute atomic E-state index is 12.7. The van der Waals surface area contributed by atoms with Crippen LogP contribution >= 0.6 is 0 Å². The summed E-state index contributed by atoms with van der Waals surface area (Å²) in [6, 6.07) is 8.99. The number of methoxy groups -OCH3 is 2. The first kappa shape index (κ1) is 17.1.